The fourth-order valence-electron chi connectivity index (χ4n) is 2.75. The summed E-state index contributed by atoms with van der Waals surface area (Å²) in [4.78, 5) is 12.4. The van der Waals surface area contributed by atoms with Crippen LogP contribution in [0.4, 0.5) is 0 Å². The second kappa shape index (κ2) is 6.53. The SMILES string of the molecule is CC(C)C(CCN)NC(=O)C1C(C)OC(C)C1C. The van der Waals surface area contributed by atoms with E-state index in [9.17, 15) is 4.79 Å². The fraction of sp³-hybridized carbons (Fsp3) is 0.929. The summed E-state index contributed by atoms with van der Waals surface area (Å²) < 4.78 is 5.72. The molecule has 0 bridgehead atoms. The van der Waals surface area contributed by atoms with Gasteiger partial charge in [-0.05, 0) is 38.6 Å². The molecule has 0 saturated carbocycles. The maximum atomic E-state index is 12.4. The van der Waals surface area contributed by atoms with Gasteiger partial charge in [-0.2, -0.15) is 0 Å². The topological polar surface area (TPSA) is 64.3 Å². The van der Waals surface area contributed by atoms with Gasteiger partial charge in [0.15, 0.2) is 0 Å². The summed E-state index contributed by atoms with van der Waals surface area (Å²) in [5, 5.41) is 3.14. The van der Waals surface area contributed by atoms with Crippen molar-refractivity contribution in [3.05, 3.63) is 0 Å². The molecule has 106 valence electrons. The lowest BCUT2D eigenvalue weighted by atomic mass is 9.88. The normalized spacial score (nSPS) is 33.7. The van der Waals surface area contributed by atoms with Gasteiger partial charge < -0.3 is 15.8 Å². The molecule has 0 radical (unpaired) electrons. The fourth-order valence-corrected chi connectivity index (χ4v) is 2.75. The Morgan fingerprint density at radius 1 is 1.28 bits per heavy atom. The molecule has 1 rings (SSSR count). The molecule has 18 heavy (non-hydrogen) atoms. The van der Waals surface area contributed by atoms with Gasteiger partial charge >= 0.3 is 0 Å². The van der Waals surface area contributed by atoms with Crippen LogP contribution in [0.1, 0.15) is 41.0 Å². The lowest BCUT2D eigenvalue weighted by molar-refractivity contribution is -0.128. The smallest absolute Gasteiger partial charge is 0.226 e. The molecule has 5 atom stereocenters. The van der Waals surface area contributed by atoms with E-state index in [-0.39, 0.29) is 36.0 Å². The number of carbonyl (C=O) groups excluding carboxylic acids is 1. The second-order valence-corrected chi connectivity index (χ2v) is 5.87. The first kappa shape index (κ1) is 15.4. The van der Waals surface area contributed by atoms with Gasteiger partial charge in [-0.3, -0.25) is 4.79 Å². The minimum atomic E-state index is -0.0426. The van der Waals surface area contributed by atoms with Crippen molar-refractivity contribution < 1.29 is 9.53 Å². The third kappa shape index (κ3) is 3.45. The summed E-state index contributed by atoms with van der Waals surface area (Å²) in [5.41, 5.74) is 5.60. The van der Waals surface area contributed by atoms with Crippen molar-refractivity contribution >= 4 is 5.91 Å². The van der Waals surface area contributed by atoms with E-state index in [4.69, 9.17) is 10.5 Å². The van der Waals surface area contributed by atoms with Crippen LogP contribution < -0.4 is 11.1 Å². The Morgan fingerprint density at radius 3 is 2.28 bits per heavy atom. The van der Waals surface area contributed by atoms with E-state index in [0.29, 0.717) is 12.5 Å². The summed E-state index contributed by atoms with van der Waals surface area (Å²) >= 11 is 0. The van der Waals surface area contributed by atoms with E-state index in [2.05, 4.69) is 26.1 Å². The molecule has 4 nitrogen and oxygen atoms in total. The van der Waals surface area contributed by atoms with E-state index >= 15 is 0 Å². The van der Waals surface area contributed by atoms with Crippen LogP contribution in [-0.4, -0.2) is 30.7 Å². The molecule has 5 unspecified atom stereocenters. The van der Waals surface area contributed by atoms with Gasteiger partial charge in [-0.1, -0.05) is 20.8 Å². The third-order valence-electron chi connectivity index (χ3n) is 4.15. The molecule has 4 heteroatoms. The van der Waals surface area contributed by atoms with Gasteiger partial charge in [-0.25, -0.2) is 0 Å². The van der Waals surface area contributed by atoms with Crippen LogP contribution in [0.3, 0.4) is 0 Å². The average molecular weight is 256 g/mol. The standard InChI is InChI=1S/C14H28N2O2/c1-8(2)12(6-7-15)16-14(17)13-9(3)10(4)18-11(13)5/h8-13H,6-7,15H2,1-5H3,(H,16,17). The molecular formula is C14H28N2O2. The predicted molar refractivity (Wildman–Crippen MR) is 73.1 cm³/mol. The van der Waals surface area contributed by atoms with Crippen molar-refractivity contribution in [1.29, 1.82) is 0 Å². The highest BCUT2D eigenvalue weighted by Gasteiger charge is 2.42. The van der Waals surface area contributed by atoms with E-state index in [0.717, 1.165) is 6.42 Å². The first-order valence-electron chi connectivity index (χ1n) is 7.04. The first-order chi connectivity index (χ1) is 8.38. The van der Waals surface area contributed by atoms with Crippen molar-refractivity contribution in [3.63, 3.8) is 0 Å². The van der Waals surface area contributed by atoms with Gasteiger partial charge in [0.05, 0.1) is 18.1 Å². The number of amides is 1. The van der Waals surface area contributed by atoms with Crippen molar-refractivity contribution in [2.75, 3.05) is 6.54 Å². The lowest BCUT2D eigenvalue weighted by Gasteiger charge is -2.26. The van der Waals surface area contributed by atoms with Crippen LogP contribution >= 0.6 is 0 Å². The summed E-state index contributed by atoms with van der Waals surface area (Å²) in [6.45, 7) is 10.9. The predicted octanol–water partition coefficient (Wildman–Crippen LogP) is 1.54. The molecule has 0 spiro atoms. The summed E-state index contributed by atoms with van der Waals surface area (Å²) in [5.74, 6) is 0.749. The van der Waals surface area contributed by atoms with Crippen LogP contribution in [0.5, 0.6) is 0 Å². The van der Waals surface area contributed by atoms with E-state index in [1.54, 1.807) is 0 Å². The van der Waals surface area contributed by atoms with Crippen LogP contribution in [0.25, 0.3) is 0 Å². The number of ether oxygens (including phenoxy) is 1. The zero-order valence-electron chi connectivity index (χ0n) is 12.3. The van der Waals surface area contributed by atoms with E-state index in [1.165, 1.54) is 0 Å². The molecule has 0 aliphatic carbocycles. The number of nitrogens with two attached hydrogens (primary N) is 1. The molecular weight excluding hydrogens is 228 g/mol. The highest BCUT2D eigenvalue weighted by Crippen LogP contribution is 2.32. The minimum absolute atomic E-state index is 0.000638. The van der Waals surface area contributed by atoms with Crippen LogP contribution in [-0.2, 0) is 9.53 Å². The molecule has 0 aromatic rings. The zero-order valence-corrected chi connectivity index (χ0v) is 12.3. The summed E-state index contributed by atoms with van der Waals surface area (Å²) in [6, 6.07) is 0.165. The highest BCUT2D eigenvalue weighted by molar-refractivity contribution is 5.80. The average Bonchev–Trinajstić information content (AvgIpc) is 2.52. The second-order valence-electron chi connectivity index (χ2n) is 5.87. The number of nitrogens with one attached hydrogen (secondary N) is 1. The molecule has 1 amide bonds. The molecule has 0 aromatic carbocycles. The quantitative estimate of drug-likeness (QED) is 0.784. The maximum absolute atomic E-state index is 12.4. The molecule has 1 heterocycles. The number of hydrogen-bond donors (Lipinski definition) is 2. The van der Waals surface area contributed by atoms with Crippen LogP contribution in [0.15, 0.2) is 0 Å². The maximum Gasteiger partial charge on any atom is 0.226 e. The van der Waals surface area contributed by atoms with E-state index < -0.39 is 0 Å². The van der Waals surface area contributed by atoms with Gasteiger partial charge in [0.25, 0.3) is 0 Å². The Hall–Kier alpha value is -0.610. The molecule has 1 fully saturated rings. The Balaban J connectivity index is 2.63. The van der Waals surface area contributed by atoms with Gasteiger partial charge in [0.2, 0.25) is 5.91 Å². The monoisotopic (exact) mass is 256 g/mol. The lowest BCUT2D eigenvalue weighted by Crippen LogP contribution is -2.45. The Bertz CT molecular complexity index is 281. The van der Waals surface area contributed by atoms with Crippen LogP contribution in [0, 0.1) is 17.8 Å². The summed E-state index contributed by atoms with van der Waals surface area (Å²) in [6.07, 6.45) is 0.985. The largest absolute Gasteiger partial charge is 0.374 e. The third-order valence-corrected chi connectivity index (χ3v) is 4.15. The molecule has 1 aliphatic rings. The van der Waals surface area contributed by atoms with Gasteiger partial charge in [0, 0.05) is 6.04 Å². The Labute approximate surface area is 111 Å². The Morgan fingerprint density at radius 2 is 1.89 bits per heavy atom. The van der Waals surface area contributed by atoms with Crippen molar-refractivity contribution in [2.24, 2.45) is 23.5 Å². The van der Waals surface area contributed by atoms with Gasteiger partial charge in [-0.15, -0.1) is 0 Å². The summed E-state index contributed by atoms with van der Waals surface area (Å²) in [7, 11) is 0. The number of hydrogen-bond acceptors (Lipinski definition) is 3. The van der Waals surface area contributed by atoms with Crippen LogP contribution in [0.2, 0.25) is 0 Å². The highest BCUT2D eigenvalue weighted by atomic mass is 16.5. The van der Waals surface area contributed by atoms with Gasteiger partial charge in [0.1, 0.15) is 0 Å². The molecule has 1 saturated heterocycles. The zero-order chi connectivity index (χ0) is 13.9. The van der Waals surface area contributed by atoms with Crippen molar-refractivity contribution in [1.82, 2.24) is 5.32 Å². The first-order valence-corrected chi connectivity index (χ1v) is 7.04. The number of carbonyl (C=O) groups is 1. The Kier molecular flexibility index (Phi) is 5.60. The van der Waals surface area contributed by atoms with Crippen molar-refractivity contribution in [3.8, 4) is 0 Å². The van der Waals surface area contributed by atoms with E-state index in [1.807, 2.05) is 13.8 Å². The minimum Gasteiger partial charge on any atom is -0.374 e. The molecule has 0 aromatic heterocycles. The molecule has 1 aliphatic heterocycles. The molecule has 3 N–H and O–H groups in total. The number of rotatable bonds is 5. The van der Waals surface area contributed by atoms with Crippen molar-refractivity contribution in [2.45, 2.75) is 59.3 Å².